The van der Waals surface area contributed by atoms with E-state index >= 15 is 0 Å². The van der Waals surface area contributed by atoms with Gasteiger partial charge in [0.2, 0.25) is 15.9 Å². The Morgan fingerprint density at radius 3 is 2.40 bits per heavy atom. The summed E-state index contributed by atoms with van der Waals surface area (Å²) in [5, 5.41) is 9.96. The zero-order valence-corrected chi connectivity index (χ0v) is 17.4. The SMILES string of the molecule is CC(=O)Nc1ccc(S(=O)(=O)N2CCC(c3[nH]ncc3-c3ccncc3)CC2)cc1. The van der Waals surface area contributed by atoms with Crippen LogP contribution >= 0.6 is 0 Å². The number of carbonyl (C=O) groups excluding carboxylic acids is 1. The lowest BCUT2D eigenvalue weighted by molar-refractivity contribution is -0.114. The summed E-state index contributed by atoms with van der Waals surface area (Å²) in [5.41, 5.74) is 3.69. The molecule has 0 atom stereocenters. The first kappa shape index (κ1) is 20.2. The maximum Gasteiger partial charge on any atom is 0.243 e. The standard InChI is InChI=1S/C21H23N5O3S/c1-15(27)24-18-2-4-19(5-3-18)30(28,29)26-12-8-17(9-13-26)21-20(14-23-25-21)16-6-10-22-11-7-16/h2-7,10-11,14,17H,8-9,12-13H2,1H3,(H,23,25)(H,24,27). The molecule has 2 aromatic heterocycles. The number of sulfonamides is 1. The van der Waals surface area contributed by atoms with Crippen LogP contribution in [0.2, 0.25) is 0 Å². The number of carbonyl (C=O) groups is 1. The number of H-pyrrole nitrogens is 1. The summed E-state index contributed by atoms with van der Waals surface area (Å²) in [6.07, 6.45) is 6.73. The van der Waals surface area contributed by atoms with Crippen molar-refractivity contribution in [2.24, 2.45) is 0 Å². The topological polar surface area (TPSA) is 108 Å². The van der Waals surface area contributed by atoms with Crippen molar-refractivity contribution in [3.8, 4) is 11.1 Å². The molecule has 1 amide bonds. The summed E-state index contributed by atoms with van der Waals surface area (Å²) in [6.45, 7) is 2.29. The van der Waals surface area contributed by atoms with E-state index in [9.17, 15) is 13.2 Å². The van der Waals surface area contributed by atoms with Crippen molar-refractivity contribution in [1.82, 2.24) is 19.5 Å². The predicted octanol–water partition coefficient (Wildman–Crippen LogP) is 3.00. The van der Waals surface area contributed by atoms with Crippen molar-refractivity contribution in [2.45, 2.75) is 30.6 Å². The van der Waals surface area contributed by atoms with Gasteiger partial charge in [0.05, 0.1) is 11.1 Å². The molecule has 1 saturated heterocycles. The van der Waals surface area contributed by atoms with Gasteiger partial charge in [-0.2, -0.15) is 9.40 Å². The number of nitrogens with one attached hydrogen (secondary N) is 2. The molecule has 1 aliphatic heterocycles. The number of amides is 1. The smallest absolute Gasteiger partial charge is 0.243 e. The van der Waals surface area contributed by atoms with Gasteiger partial charge in [-0.3, -0.25) is 14.9 Å². The molecule has 0 saturated carbocycles. The fraction of sp³-hybridized carbons (Fsp3) is 0.286. The van der Waals surface area contributed by atoms with Crippen LogP contribution in [0.5, 0.6) is 0 Å². The van der Waals surface area contributed by atoms with E-state index in [2.05, 4.69) is 20.5 Å². The minimum Gasteiger partial charge on any atom is -0.326 e. The molecule has 0 spiro atoms. The molecule has 0 aliphatic carbocycles. The van der Waals surface area contributed by atoms with Crippen LogP contribution in [-0.4, -0.2) is 46.9 Å². The Bertz CT molecular complexity index is 1120. The van der Waals surface area contributed by atoms with Crippen LogP contribution < -0.4 is 5.32 Å². The van der Waals surface area contributed by atoms with E-state index in [0.717, 1.165) is 16.8 Å². The number of aromatic nitrogens is 3. The Morgan fingerprint density at radius 1 is 1.10 bits per heavy atom. The van der Waals surface area contributed by atoms with Gasteiger partial charge in [0.25, 0.3) is 0 Å². The fourth-order valence-corrected chi connectivity index (χ4v) is 5.29. The summed E-state index contributed by atoms with van der Waals surface area (Å²) in [5.74, 6) is 0.0156. The van der Waals surface area contributed by atoms with Crippen LogP contribution in [0.15, 0.2) is 59.9 Å². The number of anilines is 1. The number of nitrogens with zero attached hydrogens (tertiary/aromatic N) is 3. The molecule has 1 fully saturated rings. The molecule has 1 aromatic carbocycles. The van der Waals surface area contributed by atoms with Gasteiger partial charge in [0.1, 0.15) is 0 Å². The third kappa shape index (κ3) is 4.12. The van der Waals surface area contributed by atoms with Crippen LogP contribution in [-0.2, 0) is 14.8 Å². The Labute approximate surface area is 175 Å². The molecule has 4 rings (SSSR count). The molecule has 3 aromatic rings. The highest BCUT2D eigenvalue weighted by Crippen LogP contribution is 2.35. The number of hydrogen-bond donors (Lipinski definition) is 2. The number of rotatable bonds is 5. The van der Waals surface area contributed by atoms with Crippen molar-refractivity contribution in [3.05, 3.63) is 60.7 Å². The maximum absolute atomic E-state index is 13.0. The van der Waals surface area contributed by atoms with Crippen LogP contribution in [0.3, 0.4) is 0 Å². The third-order valence-electron chi connectivity index (χ3n) is 5.33. The van der Waals surface area contributed by atoms with Gasteiger partial charge in [0, 0.05) is 55.3 Å². The minimum absolute atomic E-state index is 0.197. The fourth-order valence-electron chi connectivity index (χ4n) is 3.82. The first-order valence-electron chi connectivity index (χ1n) is 9.76. The molecule has 0 bridgehead atoms. The number of hydrogen-bond acceptors (Lipinski definition) is 5. The minimum atomic E-state index is -3.58. The van der Waals surface area contributed by atoms with Crippen molar-refractivity contribution in [1.29, 1.82) is 0 Å². The molecule has 30 heavy (non-hydrogen) atoms. The molecule has 0 radical (unpaired) electrons. The van der Waals surface area contributed by atoms with E-state index in [1.54, 1.807) is 24.5 Å². The second kappa shape index (κ2) is 8.37. The van der Waals surface area contributed by atoms with E-state index < -0.39 is 10.0 Å². The largest absolute Gasteiger partial charge is 0.326 e. The Kier molecular flexibility index (Phi) is 5.65. The lowest BCUT2D eigenvalue weighted by Gasteiger charge is -2.31. The molecule has 2 N–H and O–H groups in total. The van der Waals surface area contributed by atoms with E-state index in [4.69, 9.17) is 0 Å². The van der Waals surface area contributed by atoms with E-state index in [1.165, 1.54) is 23.4 Å². The zero-order valence-electron chi connectivity index (χ0n) is 16.6. The summed E-state index contributed by atoms with van der Waals surface area (Å²) in [4.78, 5) is 15.4. The maximum atomic E-state index is 13.0. The molecule has 3 heterocycles. The van der Waals surface area contributed by atoms with Gasteiger partial charge < -0.3 is 5.32 Å². The molecule has 156 valence electrons. The number of aromatic amines is 1. The average molecular weight is 426 g/mol. The molecular weight excluding hydrogens is 402 g/mol. The van der Waals surface area contributed by atoms with Gasteiger partial charge >= 0.3 is 0 Å². The lowest BCUT2D eigenvalue weighted by Crippen LogP contribution is -2.38. The average Bonchev–Trinajstić information content (AvgIpc) is 3.24. The van der Waals surface area contributed by atoms with Crippen molar-refractivity contribution in [3.63, 3.8) is 0 Å². The van der Waals surface area contributed by atoms with Gasteiger partial charge in [-0.05, 0) is 54.8 Å². The second-order valence-electron chi connectivity index (χ2n) is 7.32. The summed E-state index contributed by atoms with van der Waals surface area (Å²) in [7, 11) is -3.58. The van der Waals surface area contributed by atoms with Crippen LogP contribution in [0.4, 0.5) is 5.69 Å². The highest BCUT2D eigenvalue weighted by atomic mass is 32.2. The van der Waals surface area contributed by atoms with Gasteiger partial charge in [-0.1, -0.05) is 0 Å². The highest BCUT2D eigenvalue weighted by molar-refractivity contribution is 7.89. The van der Waals surface area contributed by atoms with Gasteiger partial charge in [0.15, 0.2) is 0 Å². The second-order valence-corrected chi connectivity index (χ2v) is 9.26. The Morgan fingerprint density at radius 2 is 1.77 bits per heavy atom. The first-order chi connectivity index (χ1) is 14.4. The summed E-state index contributed by atoms with van der Waals surface area (Å²) >= 11 is 0. The highest BCUT2D eigenvalue weighted by Gasteiger charge is 2.31. The Hall–Kier alpha value is -3.04. The number of benzene rings is 1. The van der Waals surface area contributed by atoms with Crippen molar-refractivity contribution >= 4 is 21.6 Å². The first-order valence-corrected chi connectivity index (χ1v) is 11.2. The molecular formula is C21H23N5O3S. The normalized spacial score (nSPS) is 15.8. The lowest BCUT2D eigenvalue weighted by atomic mass is 9.90. The van der Waals surface area contributed by atoms with Gasteiger partial charge in [-0.15, -0.1) is 0 Å². The van der Waals surface area contributed by atoms with Gasteiger partial charge in [-0.25, -0.2) is 8.42 Å². The number of pyridine rings is 1. The van der Waals surface area contributed by atoms with E-state index in [1.807, 2.05) is 18.3 Å². The quantitative estimate of drug-likeness (QED) is 0.653. The Balaban J connectivity index is 1.46. The molecule has 8 nitrogen and oxygen atoms in total. The molecule has 9 heteroatoms. The summed E-state index contributed by atoms with van der Waals surface area (Å²) < 4.78 is 27.6. The predicted molar refractivity (Wildman–Crippen MR) is 113 cm³/mol. The number of piperidine rings is 1. The zero-order chi connectivity index (χ0) is 21.1. The van der Waals surface area contributed by atoms with Crippen LogP contribution in [0, 0.1) is 0 Å². The van der Waals surface area contributed by atoms with Crippen molar-refractivity contribution < 1.29 is 13.2 Å². The van der Waals surface area contributed by atoms with Crippen LogP contribution in [0.25, 0.3) is 11.1 Å². The molecule has 0 unspecified atom stereocenters. The van der Waals surface area contributed by atoms with E-state index in [-0.39, 0.29) is 16.7 Å². The van der Waals surface area contributed by atoms with Crippen LogP contribution in [0.1, 0.15) is 31.4 Å². The monoisotopic (exact) mass is 425 g/mol. The van der Waals surface area contributed by atoms with E-state index in [0.29, 0.717) is 31.6 Å². The summed E-state index contributed by atoms with van der Waals surface area (Å²) in [6, 6.07) is 10.2. The molecule has 1 aliphatic rings. The van der Waals surface area contributed by atoms with Crippen molar-refractivity contribution in [2.75, 3.05) is 18.4 Å². The third-order valence-corrected chi connectivity index (χ3v) is 7.25.